The first-order valence-corrected chi connectivity index (χ1v) is 10.2. The average Bonchev–Trinajstić information content (AvgIpc) is 3.18. The van der Waals surface area contributed by atoms with Crippen molar-refractivity contribution >= 4 is 11.9 Å². The molecule has 0 spiro atoms. The number of esters is 2. The van der Waals surface area contributed by atoms with Crippen LogP contribution in [0, 0.1) is 0 Å². The number of rotatable bonds is 7. The summed E-state index contributed by atoms with van der Waals surface area (Å²) in [6.07, 6.45) is -3.29. The predicted octanol–water partition coefficient (Wildman–Crippen LogP) is 0.248. The Morgan fingerprint density at radius 2 is 1.61 bits per heavy atom. The average molecular weight is 444 g/mol. The molecular weight excluding hydrogens is 412 g/mol. The van der Waals surface area contributed by atoms with Gasteiger partial charge in [0.1, 0.15) is 24.4 Å². The Morgan fingerprint density at radius 3 is 2.16 bits per heavy atom. The minimum Gasteiger partial charge on any atom is -0.454 e. The first kappa shape index (κ1) is 25.4. The lowest BCUT2D eigenvalue weighted by atomic mass is 10.0. The molecule has 2 N–H and O–H groups in total. The number of ether oxygens (including phenoxy) is 6. The molecule has 3 saturated heterocycles. The van der Waals surface area contributed by atoms with Crippen LogP contribution in [-0.2, 0) is 38.0 Å². The van der Waals surface area contributed by atoms with Gasteiger partial charge in [0.25, 0.3) is 0 Å². The van der Waals surface area contributed by atoms with Crippen LogP contribution in [0.2, 0.25) is 0 Å². The fourth-order valence-electron chi connectivity index (χ4n) is 3.57. The van der Waals surface area contributed by atoms with E-state index in [9.17, 15) is 19.8 Å². The van der Waals surface area contributed by atoms with Crippen LogP contribution >= 0.6 is 0 Å². The van der Waals surface area contributed by atoms with E-state index in [2.05, 4.69) is 13.2 Å². The standard InChI is InChI=1S/C12H18O5.C9H14O5/c1-5-7-8-9(17-12(3,4)16-7)10(14-6-2)11(13)15-8;1-3-5(10)7-6(11)8(13-4-2)9(12)14-7/h5,7-10H,1,6H2,2-4H3;3,5-8,10-11H,1,4H2,2H3/t7-,8+,9-,10-;5-,6-,7+,8-/m11/s1. The van der Waals surface area contributed by atoms with Gasteiger partial charge in [0.05, 0.1) is 0 Å². The molecule has 3 heterocycles. The van der Waals surface area contributed by atoms with Crippen molar-refractivity contribution in [2.75, 3.05) is 13.2 Å². The number of aliphatic hydroxyl groups excluding tert-OH is 2. The van der Waals surface area contributed by atoms with Crippen molar-refractivity contribution < 1.29 is 48.2 Å². The van der Waals surface area contributed by atoms with E-state index in [1.165, 1.54) is 6.08 Å². The maximum Gasteiger partial charge on any atom is 0.338 e. The van der Waals surface area contributed by atoms with Crippen LogP contribution < -0.4 is 0 Å². The minimum absolute atomic E-state index is 0.299. The van der Waals surface area contributed by atoms with Crippen LogP contribution in [0.15, 0.2) is 25.3 Å². The van der Waals surface area contributed by atoms with Gasteiger partial charge in [0.2, 0.25) is 0 Å². The molecule has 176 valence electrons. The maximum atomic E-state index is 11.7. The van der Waals surface area contributed by atoms with Gasteiger partial charge in [-0.15, -0.1) is 13.2 Å². The summed E-state index contributed by atoms with van der Waals surface area (Å²) in [7, 11) is 0. The largest absolute Gasteiger partial charge is 0.454 e. The Balaban J connectivity index is 0.000000225. The first-order chi connectivity index (χ1) is 14.6. The molecule has 0 bridgehead atoms. The monoisotopic (exact) mass is 444 g/mol. The second kappa shape index (κ2) is 10.7. The third-order valence-electron chi connectivity index (χ3n) is 4.90. The molecule has 0 aromatic carbocycles. The number of carbonyl (C=O) groups is 2. The second-order valence-corrected chi connectivity index (χ2v) is 7.57. The van der Waals surface area contributed by atoms with Gasteiger partial charge in [-0.25, -0.2) is 9.59 Å². The zero-order valence-electron chi connectivity index (χ0n) is 18.3. The lowest BCUT2D eigenvalue weighted by Crippen LogP contribution is -2.54. The number of fused-ring (bicyclic) bond motifs is 1. The lowest BCUT2D eigenvalue weighted by molar-refractivity contribution is -0.319. The van der Waals surface area contributed by atoms with Crippen molar-refractivity contribution in [3.05, 3.63) is 25.3 Å². The minimum atomic E-state index is -1.14. The maximum absolute atomic E-state index is 11.7. The van der Waals surface area contributed by atoms with Gasteiger partial charge < -0.3 is 38.6 Å². The number of hydrogen-bond acceptors (Lipinski definition) is 10. The first-order valence-electron chi connectivity index (χ1n) is 10.2. The highest BCUT2D eigenvalue weighted by Gasteiger charge is 2.55. The van der Waals surface area contributed by atoms with Crippen molar-refractivity contribution in [3.63, 3.8) is 0 Å². The Morgan fingerprint density at radius 1 is 1.03 bits per heavy atom. The van der Waals surface area contributed by atoms with Crippen molar-refractivity contribution in [1.82, 2.24) is 0 Å². The summed E-state index contributed by atoms with van der Waals surface area (Å²) in [5.41, 5.74) is 0. The predicted molar refractivity (Wildman–Crippen MR) is 107 cm³/mol. The molecule has 8 atom stereocenters. The molecule has 0 unspecified atom stereocenters. The Kier molecular flexibility index (Phi) is 8.75. The third kappa shape index (κ3) is 5.71. The molecule has 0 aromatic heterocycles. The molecule has 0 aliphatic carbocycles. The van der Waals surface area contributed by atoms with Crippen LogP contribution in [0.25, 0.3) is 0 Å². The Bertz CT molecular complexity index is 663. The highest BCUT2D eigenvalue weighted by molar-refractivity contribution is 5.78. The molecule has 0 radical (unpaired) electrons. The molecular formula is C21H32O10. The molecule has 31 heavy (non-hydrogen) atoms. The summed E-state index contributed by atoms with van der Waals surface area (Å²) >= 11 is 0. The molecule has 3 rings (SSSR count). The van der Waals surface area contributed by atoms with E-state index < -0.39 is 60.5 Å². The topological polar surface area (TPSA) is 130 Å². The van der Waals surface area contributed by atoms with Gasteiger partial charge in [-0.2, -0.15) is 0 Å². The Labute approximate surface area is 181 Å². The van der Waals surface area contributed by atoms with E-state index in [0.29, 0.717) is 13.2 Å². The summed E-state index contributed by atoms with van der Waals surface area (Å²) in [5, 5.41) is 18.9. The van der Waals surface area contributed by atoms with E-state index in [1.807, 2.05) is 6.92 Å². The van der Waals surface area contributed by atoms with Gasteiger partial charge in [-0.3, -0.25) is 0 Å². The second-order valence-electron chi connectivity index (χ2n) is 7.57. The molecule has 3 aliphatic rings. The highest BCUT2D eigenvalue weighted by Crippen LogP contribution is 2.36. The van der Waals surface area contributed by atoms with Crippen LogP contribution in [0.4, 0.5) is 0 Å². The smallest absolute Gasteiger partial charge is 0.338 e. The zero-order valence-corrected chi connectivity index (χ0v) is 18.3. The molecule has 10 heteroatoms. The number of aliphatic hydroxyl groups is 2. The van der Waals surface area contributed by atoms with Crippen LogP contribution in [-0.4, -0.2) is 90.0 Å². The summed E-state index contributed by atoms with van der Waals surface area (Å²) in [6, 6.07) is 0. The van der Waals surface area contributed by atoms with Gasteiger partial charge in [0, 0.05) is 13.2 Å². The molecule has 0 aromatic rings. The van der Waals surface area contributed by atoms with Gasteiger partial charge >= 0.3 is 11.9 Å². The van der Waals surface area contributed by atoms with E-state index in [0.717, 1.165) is 0 Å². The third-order valence-corrected chi connectivity index (χ3v) is 4.90. The SMILES string of the molecule is C=C[C@@H](O)[C@@H]1OC(=O)[C@H](OCC)[C@@H]1O.C=C[C@H]1OC(C)(C)O[C@@H]2[C@H]1OC(=O)[C@@H]2OCC. The molecule has 3 aliphatic heterocycles. The Hall–Kier alpha value is -1.82. The summed E-state index contributed by atoms with van der Waals surface area (Å²) in [4.78, 5) is 22.8. The molecule has 10 nitrogen and oxygen atoms in total. The fraction of sp³-hybridized carbons (Fsp3) is 0.714. The van der Waals surface area contributed by atoms with E-state index in [1.54, 1.807) is 26.8 Å². The van der Waals surface area contributed by atoms with E-state index in [-0.39, 0.29) is 6.10 Å². The van der Waals surface area contributed by atoms with Gasteiger partial charge in [0.15, 0.2) is 30.2 Å². The lowest BCUT2D eigenvalue weighted by Gasteiger charge is -2.41. The fourth-order valence-corrected chi connectivity index (χ4v) is 3.57. The summed E-state index contributed by atoms with van der Waals surface area (Å²) in [6.45, 7) is 14.9. The number of cyclic esters (lactones) is 1. The quantitative estimate of drug-likeness (QED) is 0.416. The molecule has 0 amide bonds. The molecule has 3 fully saturated rings. The normalized spacial score (nSPS) is 37.0. The van der Waals surface area contributed by atoms with Crippen molar-refractivity contribution in [2.24, 2.45) is 0 Å². The number of hydrogen-bond donors (Lipinski definition) is 2. The van der Waals surface area contributed by atoms with Crippen molar-refractivity contribution in [3.8, 4) is 0 Å². The summed E-state index contributed by atoms with van der Waals surface area (Å²) < 4.78 is 31.7. The van der Waals surface area contributed by atoms with Crippen LogP contribution in [0.5, 0.6) is 0 Å². The van der Waals surface area contributed by atoms with Crippen molar-refractivity contribution in [1.29, 1.82) is 0 Å². The van der Waals surface area contributed by atoms with E-state index >= 15 is 0 Å². The molecule has 0 saturated carbocycles. The summed E-state index contributed by atoms with van der Waals surface area (Å²) in [5.74, 6) is -1.82. The highest BCUT2D eigenvalue weighted by atomic mass is 16.8. The number of carbonyl (C=O) groups excluding carboxylic acids is 2. The van der Waals surface area contributed by atoms with Gasteiger partial charge in [-0.05, 0) is 27.7 Å². The van der Waals surface area contributed by atoms with E-state index in [4.69, 9.17) is 28.4 Å². The van der Waals surface area contributed by atoms with Gasteiger partial charge in [-0.1, -0.05) is 12.2 Å². The van der Waals surface area contributed by atoms with Crippen LogP contribution in [0.3, 0.4) is 0 Å². The van der Waals surface area contributed by atoms with Crippen molar-refractivity contribution in [2.45, 2.75) is 82.3 Å². The van der Waals surface area contributed by atoms with Crippen LogP contribution in [0.1, 0.15) is 27.7 Å². The zero-order chi connectivity index (χ0) is 23.3.